The van der Waals surface area contributed by atoms with Crippen LogP contribution in [-0.4, -0.2) is 21.2 Å². The molecule has 0 aliphatic rings. The number of rotatable bonds is 4. The van der Waals surface area contributed by atoms with E-state index in [9.17, 15) is 0 Å². The molecule has 56 valence electrons. The van der Waals surface area contributed by atoms with E-state index in [1.54, 1.807) is 0 Å². The molecule has 2 atom stereocenters. The molecule has 0 aliphatic carbocycles. The molecule has 0 N–H and O–H groups in total. The fraction of sp³-hybridized carbons (Fsp3) is 1.00. The minimum absolute atomic E-state index is 0.132. The summed E-state index contributed by atoms with van der Waals surface area (Å²) in [7, 11) is 0. The van der Waals surface area contributed by atoms with E-state index >= 15 is 0 Å². The van der Waals surface area contributed by atoms with Gasteiger partial charge >= 0.3 is 0 Å². The molecule has 0 rings (SSSR count). The lowest BCUT2D eigenvalue weighted by Gasteiger charge is -2.07. The van der Waals surface area contributed by atoms with Crippen molar-refractivity contribution in [3.8, 4) is 0 Å². The SMILES string of the molecule is ClC[C@@H](Cl)S[C@H](Cl)CCl. The van der Waals surface area contributed by atoms with Crippen LogP contribution in [0.15, 0.2) is 0 Å². The fourth-order valence-corrected chi connectivity index (χ4v) is 2.04. The van der Waals surface area contributed by atoms with E-state index in [0.29, 0.717) is 11.8 Å². The van der Waals surface area contributed by atoms with Gasteiger partial charge in [0, 0.05) is 11.8 Å². The Balaban J connectivity index is 3.22. The summed E-state index contributed by atoms with van der Waals surface area (Å²) in [5, 5.41) is 0. The van der Waals surface area contributed by atoms with Gasteiger partial charge in [-0.15, -0.1) is 58.2 Å². The zero-order valence-corrected chi connectivity index (χ0v) is 8.33. The van der Waals surface area contributed by atoms with Crippen LogP contribution in [0, 0.1) is 0 Å². The van der Waals surface area contributed by atoms with E-state index in [1.165, 1.54) is 11.8 Å². The second-order valence-corrected chi connectivity index (χ2v) is 4.86. The van der Waals surface area contributed by atoms with Gasteiger partial charge in [0.15, 0.2) is 0 Å². The van der Waals surface area contributed by atoms with E-state index in [-0.39, 0.29) is 9.42 Å². The number of thioether (sulfide) groups is 1. The van der Waals surface area contributed by atoms with Gasteiger partial charge in [-0.05, 0) is 0 Å². The molecular formula is C4H6Cl4S. The van der Waals surface area contributed by atoms with E-state index < -0.39 is 0 Å². The van der Waals surface area contributed by atoms with Crippen LogP contribution in [0.2, 0.25) is 0 Å². The Labute approximate surface area is 79.2 Å². The second kappa shape index (κ2) is 6.23. The van der Waals surface area contributed by atoms with E-state index in [0.717, 1.165) is 0 Å². The zero-order valence-electron chi connectivity index (χ0n) is 4.49. The Morgan fingerprint density at radius 3 is 1.56 bits per heavy atom. The van der Waals surface area contributed by atoms with Crippen LogP contribution >= 0.6 is 58.2 Å². The Bertz CT molecular complexity index is 61.6. The highest BCUT2D eigenvalue weighted by Gasteiger charge is 2.09. The van der Waals surface area contributed by atoms with E-state index in [1.807, 2.05) is 0 Å². The smallest absolute Gasteiger partial charge is 0.0938 e. The van der Waals surface area contributed by atoms with E-state index in [2.05, 4.69) is 0 Å². The molecule has 0 heterocycles. The average Bonchev–Trinajstić information content (AvgIpc) is 1.87. The Hall–Kier alpha value is 1.51. The number of hydrogen-bond acceptors (Lipinski definition) is 1. The van der Waals surface area contributed by atoms with Gasteiger partial charge in [0.05, 0.1) is 9.42 Å². The lowest BCUT2D eigenvalue weighted by Crippen LogP contribution is -2.02. The fourth-order valence-electron chi connectivity index (χ4n) is 0.233. The first kappa shape index (κ1) is 10.5. The standard InChI is InChI=1S/C4H6Cl4S/c5-1-3(7)9-4(8)2-6/h3-4H,1-2H2/t3-,4-/m0/s1. The van der Waals surface area contributed by atoms with Crippen molar-refractivity contribution in [2.75, 3.05) is 11.8 Å². The van der Waals surface area contributed by atoms with Gasteiger partial charge < -0.3 is 0 Å². The molecule has 0 saturated carbocycles. The molecule has 9 heavy (non-hydrogen) atoms. The summed E-state index contributed by atoms with van der Waals surface area (Å²) in [5.74, 6) is 0.790. The minimum Gasteiger partial charge on any atom is -0.124 e. The van der Waals surface area contributed by atoms with Crippen LogP contribution < -0.4 is 0 Å². The molecule has 0 bridgehead atoms. The first-order valence-corrected chi connectivity index (χ1v) is 5.14. The molecule has 0 amide bonds. The third kappa shape index (κ3) is 5.93. The molecule has 0 spiro atoms. The predicted octanol–water partition coefficient (Wildman–Crippen LogP) is 3.33. The van der Waals surface area contributed by atoms with Crippen LogP contribution in [0.4, 0.5) is 0 Å². The maximum Gasteiger partial charge on any atom is 0.0938 e. The molecule has 0 radical (unpaired) electrons. The maximum atomic E-state index is 5.63. The highest BCUT2D eigenvalue weighted by molar-refractivity contribution is 8.02. The Morgan fingerprint density at radius 2 is 1.33 bits per heavy atom. The van der Waals surface area contributed by atoms with Gasteiger partial charge in [-0.2, -0.15) is 0 Å². The minimum atomic E-state index is -0.132. The van der Waals surface area contributed by atoms with Crippen molar-refractivity contribution in [2.24, 2.45) is 0 Å². The van der Waals surface area contributed by atoms with E-state index in [4.69, 9.17) is 46.4 Å². The van der Waals surface area contributed by atoms with Crippen molar-refractivity contribution < 1.29 is 0 Å². The van der Waals surface area contributed by atoms with Crippen LogP contribution in [0.5, 0.6) is 0 Å². The molecule has 0 nitrogen and oxygen atoms in total. The molecular weight excluding hydrogens is 222 g/mol. The normalized spacial score (nSPS) is 17.3. The summed E-state index contributed by atoms with van der Waals surface area (Å²) >= 11 is 23.4. The average molecular weight is 228 g/mol. The summed E-state index contributed by atoms with van der Waals surface area (Å²) in [6.07, 6.45) is 0. The lowest BCUT2D eigenvalue weighted by atomic mass is 10.9. The van der Waals surface area contributed by atoms with Crippen LogP contribution in [0.1, 0.15) is 0 Å². The van der Waals surface area contributed by atoms with Gasteiger partial charge in [0.1, 0.15) is 0 Å². The molecule has 0 saturated heterocycles. The topological polar surface area (TPSA) is 0 Å². The maximum absolute atomic E-state index is 5.63. The van der Waals surface area contributed by atoms with Crippen LogP contribution in [0.3, 0.4) is 0 Å². The molecule has 0 unspecified atom stereocenters. The van der Waals surface area contributed by atoms with Crippen molar-refractivity contribution in [3.63, 3.8) is 0 Å². The predicted molar refractivity (Wildman–Crippen MR) is 48.3 cm³/mol. The number of halogens is 4. The quantitative estimate of drug-likeness (QED) is 0.665. The summed E-state index contributed by atoms with van der Waals surface area (Å²) < 4.78 is -0.263. The summed E-state index contributed by atoms with van der Waals surface area (Å²) in [5.41, 5.74) is 0. The summed E-state index contributed by atoms with van der Waals surface area (Å²) in [6.45, 7) is 0. The Morgan fingerprint density at radius 1 is 1.00 bits per heavy atom. The largest absolute Gasteiger partial charge is 0.124 e. The molecule has 0 fully saturated rings. The van der Waals surface area contributed by atoms with Gasteiger partial charge in [-0.3, -0.25) is 0 Å². The molecule has 0 aromatic heterocycles. The second-order valence-electron chi connectivity index (χ2n) is 1.26. The highest BCUT2D eigenvalue weighted by atomic mass is 35.5. The van der Waals surface area contributed by atoms with Gasteiger partial charge in [-0.1, -0.05) is 0 Å². The van der Waals surface area contributed by atoms with Crippen LogP contribution in [0.25, 0.3) is 0 Å². The molecule has 0 aromatic carbocycles. The van der Waals surface area contributed by atoms with Gasteiger partial charge in [0.25, 0.3) is 0 Å². The lowest BCUT2D eigenvalue weighted by molar-refractivity contribution is 1.35. The third-order valence-corrected chi connectivity index (χ3v) is 3.69. The number of hydrogen-bond donors (Lipinski definition) is 0. The van der Waals surface area contributed by atoms with Crippen molar-refractivity contribution in [3.05, 3.63) is 0 Å². The number of alkyl halides is 4. The van der Waals surface area contributed by atoms with Crippen molar-refractivity contribution in [2.45, 2.75) is 9.42 Å². The van der Waals surface area contributed by atoms with Gasteiger partial charge in [-0.25, -0.2) is 0 Å². The third-order valence-electron chi connectivity index (χ3n) is 0.538. The molecule has 0 aliphatic heterocycles. The highest BCUT2D eigenvalue weighted by Crippen LogP contribution is 2.25. The molecule has 5 heteroatoms. The summed E-state index contributed by atoms with van der Waals surface area (Å²) in [4.78, 5) is 0. The van der Waals surface area contributed by atoms with Crippen molar-refractivity contribution in [1.82, 2.24) is 0 Å². The first-order valence-electron chi connectivity index (χ1n) is 2.26. The van der Waals surface area contributed by atoms with Crippen molar-refractivity contribution in [1.29, 1.82) is 0 Å². The monoisotopic (exact) mass is 226 g/mol. The zero-order chi connectivity index (χ0) is 7.28. The first-order chi connectivity index (χ1) is 4.20. The van der Waals surface area contributed by atoms with Crippen molar-refractivity contribution >= 4 is 58.2 Å². The van der Waals surface area contributed by atoms with Gasteiger partial charge in [0.2, 0.25) is 0 Å². The Kier molecular flexibility index (Phi) is 7.28. The van der Waals surface area contributed by atoms with Crippen LogP contribution in [-0.2, 0) is 0 Å². The summed E-state index contributed by atoms with van der Waals surface area (Å²) in [6, 6.07) is 0. The molecule has 0 aromatic rings.